The van der Waals surface area contributed by atoms with Gasteiger partial charge in [0.2, 0.25) is 0 Å². The van der Waals surface area contributed by atoms with Crippen LogP contribution < -0.4 is 4.90 Å². The van der Waals surface area contributed by atoms with Gasteiger partial charge in [0.1, 0.15) is 18.2 Å². The predicted molar refractivity (Wildman–Crippen MR) is 62.0 cm³/mol. The lowest BCUT2D eigenvalue weighted by Crippen LogP contribution is -2.21. The Morgan fingerprint density at radius 3 is 3.00 bits per heavy atom. The van der Waals surface area contributed by atoms with Crippen molar-refractivity contribution in [3.05, 3.63) is 27.9 Å². The fourth-order valence-corrected chi connectivity index (χ4v) is 2.02. The molecule has 1 aliphatic rings. The molecule has 0 radical (unpaired) electrons. The number of anilines is 1. The summed E-state index contributed by atoms with van der Waals surface area (Å²) in [5.41, 5.74) is 0.676. The molecule has 1 fully saturated rings. The number of hydrogen-bond acceptors (Lipinski definition) is 4. The van der Waals surface area contributed by atoms with Crippen LogP contribution in [-0.4, -0.2) is 29.2 Å². The predicted octanol–water partition coefficient (Wildman–Crippen LogP) is 2.10. The van der Waals surface area contributed by atoms with Crippen LogP contribution in [0.2, 0.25) is 0 Å². The largest absolute Gasteiger partial charge is 0.354 e. The van der Waals surface area contributed by atoms with Gasteiger partial charge >= 0.3 is 0 Å². The van der Waals surface area contributed by atoms with Crippen molar-refractivity contribution >= 4 is 11.5 Å². The van der Waals surface area contributed by atoms with Crippen molar-refractivity contribution in [2.75, 3.05) is 18.0 Å². The normalized spacial score (nSPS) is 19.6. The van der Waals surface area contributed by atoms with E-state index in [1.807, 2.05) is 11.8 Å². The highest BCUT2D eigenvalue weighted by atomic mass is 19.1. The van der Waals surface area contributed by atoms with E-state index in [1.165, 1.54) is 6.20 Å². The molecule has 2 heterocycles. The van der Waals surface area contributed by atoms with Gasteiger partial charge in [0, 0.05) is 12.1 Å². The van der Waals surface area contributed by atoms with E-state index < -0.39 is 11.1 Å². The number of nitro groups is 1. The fourth-order valence-electron chi connectivity index (χ4n) is 2.02. The Morgan fingerprint density at radius 1 is 1.71 bits per heavy atom. The highest BCUT2D eigenvalue weighted by molar-refractivity contribution is 5.50. The van der Waals surface area contributed by atoms with Crippen LogP contribution in [0.3, 0.4) is 0 Å². The molecule has 0 saturated carbocycles. The van der Waals surface area contributed by atoms with Gasteiger partial charge in [-0.15, -0.1) is 0 Å². The van der Waals surface area contributed by atoms with Gasteiger partial charge in [-0.1, -0.05) is 6.92 Å². The minimum absolute atomic E-state index is 0.0345. The third-order valence-electron chi connectivity index (χ3n) is 2.98. The summed E-state index contributed by atoms with van der Waals surface area (Å²) in [4.78, 5) is 16.2. The molecule has 0 aromatic carbocycles. The van der Waals surface area contributed by atoms with Crippen LogP contribution in [0.4, 0.5) is 15.9 Å². The maximum Gasteiger partial charge on any atom is 0.290 e. The van der Waals surface area contributed by atoms with Crippen molar-refractivity contribution < 1.29 is 9.31 Å². The minimum atomic E-state index is -0.822. The minimum Gasteiger partial charge on any atom is -0.354 e. The van der Waals surface area contributed by atoms with E-state index in [-0.39, 0.29) is 5.69 Å². The Kier molecular flexibility index (Phi) is 3.21. The molecule has 92 valence electrons. The first-order valence-corrected chi connectivity index (χ1v) is 5.64. The van der Waals surface area contributed by atoms with Gasteiger partial charge < -0.3 is 4.90 Å². The molecule has 6 heteroatoms. The Bertz CT molecular complexity index is 439. The summed E-state index contributed by atoms with van der Waals surface area (Å²) in [6.07, 6.45) is 1.51. The summed E-state index contributed by atoms with van der Waals surface area (Å²) >= 11 is 0. The lowest BCUT2D eigenvalue weighted by atomic mass is 10.2. The SMILES string of the molecule is CCc1cc(N2CC[C@H](F)C2)ncc1[N+](=O)[O-]. The second-order valence-electron chi connectivity index (χ2n) is 4.11. The fraction of sp³-hybridized carbons (Fsp3) is 0.545. The number of pyridine rings is 1. The van der Waals surface area contributed by atoms with Gasteiger partial charge in [-0.2, -0.15) is 0 Å². The lowest BCUT2D eigenvalue weighted by Gasteiger charge is -2.16. The van der Waals surface area contributed by atoms with E-state index in [0.717, 1.165) is 0 Å². The molecule has 1 aromatic rings. The molecule has 0 spiro atoms. The number of aryl methyl sites for hydroxylation is 1. The van der Waals surface area contributed by atoms with E-state index in [2.05, 4.69) is 4.98 Å². The van der Waals surface area contributed by atoms with Crippen LogP contribution in [0.15, 0.2) is 12.3 Å². The van der Waals surface area contributed by atoms with Crippen LogP contribution in [0, 0.1) is 10.1 Å². The monoisotopic (exact) mass is 239 g/mol. The number of alkyl halides is 1. The average Bonchev–Trinajstić information content (AvgIpc) is 2.75. The summed E-state index contributed by atoms with van der Waals surface area (Å²) < 4.78 is 13.1. The van der Waals surface area contributed by atoms with Gasteiger partial charge in [0.15, 0.2) is 0 Å². The smallest absolute Gasteiger partial charge is 0.290 e. The van der Waals surface area contributed by atoms with Gasteiger partial charge in [-0.25, -0.2) is 9.37 Å². The first kappa shape index (κ1) is 11.8. The number of halogens is 1. The summed E-state index contributed by atoms with van der Waals surface area (Å²) in [7, 11) is 0. The topological polar surface area (TPSA) is 59.3 Å². The molecule has 0 unspecified atom stereocenters. The van der Waals surface area contributed by atoms with E-state index >= 15 is 0 Å². The summed E-state index contributed by atoms with van der Waals surface area (Å²) in [6, 6.07) is 1.69. The van der Waals surface area contributed by atoms with Gasteiger partial charge in [0.05, 0.1) is 11.5 Å². The molecule has 1 saturated heterocycles. The maximum atomic E-state index is 13.1. The molecule has 2 rings (SSSR count). The third kappa shape index (κ3) is 2.35. The van der Waals surface area contributed by atoms with Crippen LogP contribution in [0.25, 0.3) is 0 Å². The first-order valence-electron chi connectivity index (χ1n) is 5.64. The average molecular weight is 239 g/mol. The van der Waals surface area contributed by atoms with Crippen LogP contribution in [0.5, 0.6) is 0 Å². The highest BCUT2D eigenvalue weighted by Gasteiger charge is 2.24. The number of rotatable bonds is 3. The Hall–Kier alpha value is -1.72. The zero-order chi connectivity index (χ0) is 12.4. The highest BCUT2D eigenvalue weighted by Crippen LogP contribution is 2.25. The second-order valence-corrected chi connectivity index (χ2v) is 4.11. The number of aromatic nitrogens is 1. The lowest BCUT2D eigenvalue weighted by molar-refractivity contribution is -0.385. The van der Waals surface area contributed by atoms with Crippen molar-refractivity contribution in [2.24, 2.45) is 0 Å². The van der Waals surface area contributed by atoms with Crippen molar-refractivity contribution in [3.63, 3.8) is 0 Å². The quantitative estimate of drug-likeness (QED) is 0.598. The molecule has 0 aliphatic carbocycles. The Labute approximate surface area is 98.4 Å². The number of hydrogen-bond donors (Lipinski definition) is 0. The van der Waals surface area contributed by atoms with Crippen molar-refractivity contribution in [2.45, 2.75) is 25.9 Å². The Morgan fingerprint density at radius 2 is 2.47 bits per heavy atom. The second kappa shape index (κ2) is 4.65. The molecular weight excluding hydrogens is 225 g/mol. The van der Waals surface area contributed by atoms with E-state index in [9.17, 15) is 14.5 Å². The molecule has 17 heavy (non-hydrogen) atoms. The van der Waals surface area contributed by atoms with E-state index in [1.54, 1.807) is 6.07 Å². The van der Waals surface area contributed by atoms with Crippen molar-refractivity contribution in [1.29, 1.82) is 0 Å². The molecular formula is C11H14FN3O2. The van der Waals surface area contributed by atoms with Crippen LogP contribution in [-0.2, 0) is 6.42 Å². The molecule has 0 N–H and O–H groups in total. The summed E-state index contributed by atoms with van der Waals surface area (Å²) in [6.45, 7) is 2.80. The third-order valence-corrected chi connectivity index (χ3v) is 2.98. The van der Waals surface area contributed by atoms with Crippen molar-refractivity contribution in [1.82, 2.24) is 4.98 Å². The molecule has 0 amide bonds. The zero-order valence-corrected chi connectivity index (χ0v) is 9.60. The first-order chi connectivity index (χ1) is 8.11. The van der Waals surface area contributed by atoms with Gasteiger partial charge in [-0.3, -0.25) is 10.1 Å². The van der Waals surface area contributed by atoms with Crippen molar-refractivity contribution in [3.8, 4) is 0 Å². The van der Waals surface area contributed by atoms with E-state index in [0.29, 0.717) is 37.3 Å². The van der Waals surface area contributed by atoms with Gasteiger partial charge in [-0.05, 0) is 18.9 Å². The summed E-state index contributed by atoms with van der Waals surface area (Å²) in [5, 5.41) is 10.8. The number of nitrogens with zero attached hydrogens (tertiary/aromatic N) is 3. The van der Waals surface area contributed by atoms with Crippen LogP contribution in [0.1, 0.15) is 18.9 Å². The maximum absolute atomic E-state index is 13.1. The van der Waals surface area contributed by atoms with Crippen LogP contribution >= 0.6 is 0 Å². The zero-order valence-electron chi connectivity index (χ0n) is 9.60. The summed E-state index contributed by atoms with van der Waals surface area (Å²) in [5.74, 6) is 0.632. The molecule has 5 nitrogen and oxygen atoms in total. The molecule has 1 aliphatic heterocycles. The van der Waals surface area contributed by atoms with E-state index in [4.69, 9.17) is 0 Å². The molecule has 0 bridgehead atoms. The Balaban J connectivity index is 2.28. The molecule has 1 atom stereocenters. The van der Waals surface area contributed by atoms with Gasteiger partial charge in [0.25, 0.3) is 5.69 Å². The molecule has 1 aromatic heterocycles. The standard InChI is InChI=1S/C11H14FN3O2/c1-2-8-5-11(13-6-10(8)15(16)17)14-4-3-9(12)7-14/h5-6,9H,2-4,7H2,1H3/t9-/m0/s1.